The Morgan fingerprint density at radius 1 is 0.972 bits per heavy atom. The maximum Gasteiger partial charge on any atom is 0.266 e. The number of para-hydroxylation sites is 1. The fourth-order valence-corrected chi connectivity index (χ4v) is 4.48. The van der Waals surface area contributed by atoms with Gasteiger partial charge in [0.1, 0.15) is 11.6 Å². The Morgan fingerprint density at radius 2 is 1.67 bits per heavy atom. The van der Waals surface area contributed by atoms with Crippen LogP contribution >= 0.6 is 0 Å². The van der Waals surface area contributed by atoms with E-state index in [-0.39, 0.29) is 11.1 Å². The number of nitrogens with zero attached hydrogens (tertiary/aromatic N) is 3. The summed E-state index contributed by atoms with van der Waals surface area (Å²) in [6, 6.07) is 20.3. The van der Waals surface area contributed by atoms with Crippen molar-refractivity contribution >= 4 is 16.8 Å². The van der Waals surface area contributed by atoms with Gasteiger partial charge in [0.05, 0.1) is 28.2 Å². The molecule has 36 heavy (non-hydrogen) atoms. The molecule has 6 heteroatoms. The van der Waals surface area contributed by atoms with Crippen LogP contribution in [-0.2, 0) is 0 Å². The summed E-state index contributed by atoms with van der Waals surface area (Å²) in [5.74, 6) is -0.520. The number of hydrogen-bond acceptors (Lipinski definition) is 3. The second kappa shape index (κ2) is 11.3. The highest BCUT2D eigenvalue weighted by Crippen LogP contribution is 2.26. The maximum absolute atomic E-state index is 14.6. The molecule has 1 atom stereocenters. The molecule has 4 rings (SSSR count). The molecule has 0 bridgehead atoms. The second-order valence-corrected chi connectivity index (χ2v) is 9.18. The summed E-state index contributed by atoms with van der Waals surface area (Å²) >= 11 is 0. The van der Waals surface area contributed by atoms with Gasteiger partial charge in [0.25, 0.3) is 11.5 Å². The summed E-state index contributed by atoms with van der Waals surface area (Å²) in [5.41, 5.74) is 2.13. The zero-order valence-electron chi connectivity index (χ0n) is 21.1. The Hall–Kier alpha value is -3.80. The normalized spacial score (nSPS) is 12.0. The molecule has 0 aliphatic heterocycles. The topological polar surface area (TPSA) is 55.2 Å². The van der Waals surface area contributed by atoms with Crippen molar-refractivity contribution in [2.24, 2.45) is 0 Å². The quantitative estimate of drug-likeness (QED) is 0.251. The van der Waals surface area contributed by atoms with Crippen LogP contribution in [0.4, 0.5) is 4.39 Å². The third kappa shape index (κ3) is 5.23. The van der Waals surface area contributed by atoms with Crippen LogP contribution in [0, 0.1) is 12.7 Å². The molecule has 0 saturated carbocycles. The van der Waals surface area contributed by atoms with Crippen LogP contribution in [0.5, 0.6) is 0 Å². The first-order valence-corrected chi connectivity index (χ1v) is 12.6. The van der Waals surface area contributed by atoms with E-state index in [2.05, 4.69) is 6.92 Å². The largest absolute Gasteiger partial charge is 0.329 e. The van der Waals surface area contributed by atoms with Gasteiger partial charge in [0.15, 0.2) is 0 Å². The number of benzene rings is 3. The van der Waals surface area contributed by atoms with E-state index in [1.54, 1.807) is 33.7 Å². The zero-order chi connectivity index (χ0) is 25.7. The van der Waals surface area contributed by atoms with E-state index in [0.29, 0.717) is 29.0 Å². The molecular weight excluding hydrogens is 453 g/mol. The van der Waals surface area contributed by atoms with Gasteiger partial charge in [-0.15, -0.1) is 0 Å². The molecule has 0 radical (unpaired) electrons. The number of hydrogen-bond donors (Lipinski definition) is 0. The molecule has 3 aromatic carbocycles. The number of carbonyl (C=O) groups is 1. The summed E-state index contributed by atoms with van der Waals surface area (Å²) in [4.78, 5) is 33.9. The molecule has 1 aromatic heterocycles. The summed E-state index contributed by atoms with van der Waals surface area (Å²) in [6.07, 6.45) is 3.86. The minimum Gasteiger partial charge on any atom is -0.329 e. The van der Waals surface area contributed by atoms with Gasteiger partial charge < -0.3 is 4.90 Å². The Bertz CT molecular complexity index is 1410. The van der Waals surface area contributed by atoms with E-state index in [9.17, 15) is 14.0 Å². The Morgan fingerprint density at radius 3 is 2.39 bits per heavy atom. The standard InChI is InChI=1S/C30H32FN3O2/c1-4-5-6-11-20-33(29(35)24-12-7-9-14-26(24)31)22(3)28-32-27-15-10-8-13-25(27)30(36)34(28)23-18-16-21(2)17-19-23/h7-10,12-19,22H,4-6,11,20H2,1-3H3. The summed E-state index contributed by atoms with van der Waals surface area (Å²) < 4.78 is 16.2. The minimum atomic E-state index is -0.572. The van der Waals surface area contributed by atoms with Crippen molar-refractivity contribution in [3.63, 3.8) is 0 Å². The van der Waals surface area contributed by atoms with E-state index in [1.807, 2.05) is 50.2 Å². The van der Waals surface area contributed by atoms with E-state index in [4.69, 9.17) is 4.98 Å². The molecule has 0 saturated heterocycles. The number of halogens is 1. The molecule has 4 aromatic rings. The molecular formula is C30H32FN3O2. The molecule has 5 nitrogen and oxygen atoms in total. The molecule has 0 spiro atoms. The average Bonchev–Trinajstić information content (AvgIpc) is 2.89. The number of aromatic nitrogens is 2. The first-order valence-electron chi connectivity index (χ1n) is 12.6. The molecule has 0 N–H and O–H groups in total. The van der Waals surface area contributed by atoms with E-state index >= 15 is 0 Å². The van der Waals surface area contributed by atoms with Crippen molar-refractivity contribution < 1.29 is 9.18 Å². The van der Waals surface area contributed by atoms with Crippen molar-refractivity contribution in [3.8, 4) is 5.69 Å². The fraction of sp³-hybridized carbons (Fsp3) is 0.300. The van der Waals surface area contributed by atoms with Crippen LogP contribution in [0.3, 0.4) is 0 Å². The van der Waals surface area contributed by atoms with Gasteiger partial charge >= 0.3 is 0 Å². The molecule has 0 aliphatic carbocycles. The van der Waals surface area contributed by atoms with Gasteiger partial charge in [0, 0.05) is 6.54 Å². The number of unbranched alkanes of at least 4 members (excludes halogenated alkanes) is 3. The number of aryl methyl sites for hydroxylation is 1. The Kier molecular flexibility index (Phi) is 7.93. The van der Waals surface area contributed by atoms with Crippen LogP contribution in [0.1, 0.15) is 67.3 Å². The molecule has 1 heterocycles. The smallest absolute Gasteiger partial charge is 0.266 e. The molecule has 0 fully saturated rings. The van der Waals surface area contributed by atoms with Gasteiger partial charge in [-0.2, -0.15) is 0 Å². The lowest BCUT2D eigenvalue weighted by atomic mass is 10.1. The Balaban J connectivity index is 1.86. The summed E-state index contributed by atoms with van der Waals surface area (Å²) in [6.45, 7) is 6.41. The summed E-state index contributed by atoms with van der Waals surface area (Å²) in [7, 11) is 0. The molecule has 1 unspecified atom stereocenters. The van der Waals surface area contributed by atoms with Crippen molar-refractivity contribution in [1.29, 1.82) is 0 Å². The van der Waals surface area contributed by atoms with Gasteiger partial charge in [0.2, 0.25) is 0 Å². The predicted molar refractivity (Wildman–Crippen MR) is 142 cm³/mol. The lowest BCUT2D eigenvalue weighted by Crippen LogP contribution is -2.38. The fourth-order valence-electron chi connectivity index (χ4n) is 4.48. The SMILES string of the molecule is CCCCCCN(C(=O)c1ccccc1F)C(C)c1nc2ccccc2c(=O)n1-c1ccc(C)cc1. The zero-order valence-corrected chi connectivity index (χ0v) is 21.1. The van der Waals surface area contributed by atoms with Crippen LogP contribution in [0.15, 0.2) is 77.6 Å². The Labute approximate surface area is 211 Å². The number of fused-ring (bicyclic) bond motifs is 1. The number of rotatable bonds is 9. The van der Waals surface area contributed by atoms with E-state index in [1.165, 1.54) is 12.1 Å². The van der Waals surface area contributed by atoms with Gasteiger partial charge in [-0.1, -0.05) is 68.1 Å². The molecule has 186 valence electrons. The van der Waals surface area contributed by atoms with Crippen LogP contribution in [0.2, 0.25) is 0 Å². The van der Waals surface area contributed by atoms with Crippen molar-refractivity contribution in [2.75, 3.05) is 6.54 Å². The second-order valence-electron chi connectivity index (χ2n) is 9.18. The third-order valence-corrected chi connectivity index (χ3v) is 6.55. The highest BCUT2D eigenvalue weighted by Gasteiger charge is 2.28. The highest BCUT2D eigenvalue weighted by molar-refractivity contribution is 5.94. The molecule has 0 aliphatic rings. The average molecular weight is 486 g/mol. The maximum atomic E-state index is 14.6. The van der Waals surface area contributed by atoms with Crippen molar-refractivity contribution in [3.05, 3.63) is 106 Å². The minimum absolute atomic E-state index is 0.0184. The van der Waals surface area contributed by atoms with E-state index in [0.717, 1.165) is 31.2 Å². The lowest BCUT2D eigenvalue weighted by molar-refractivity contribution is 0.0672. The number of amides is 1. The van der Waals surface area contributed by atoms with Crippen molar-refractivity contribution in [2.45, 2.75) is 52.5 Å². The number of carbonyl (C=O) groups excluding carboxylic acids is 1. The lowest BCUT2D eigenvalue weighted by Gasteiger charge is -2.31. The molecule has 1 amide bonds. The van der Waals surface area contributed by atoms with E-state index < -0.39 is 17.8 Å². The van der Waals surface area contributed by atoms with Gasteiger partial charge in [-0.3, -0.25) is 14.2 Å². The van der Waals surface area contributed by atoms with Gasteiger partial charge in [-0.05, 0) is 56.7 Å². The van der Waals surface area contributed by atoms with Gasteiger partial charge in [-0.25, -0.2) is 9.37 Å². The first-order chi connectivity index (χ1) is 17.4. The van der Waals surface area contributed by atoms with Crippen LogP contribution in [0.25, 0.3) is 16.6 Å². The van der Waals surface area contributed by atoms with Crippen LogP contribution in [-0.4, -0.2) is 26.9 Å². The monoisotopic (exact) mass is 485 g/mol. The summed E-state index contributed by atoms with van der Waals surface area (Å²) in [5, 5.41) is 0.504. The third-order valence-electron chi connectivity index (χ3n) is 6.55. The predicted octanol–water partition coefficient (Wildman–Crippen LogP) is 6.62. The van der Waals surface area contributed by atoms with Crippen molar-refractivity contribution in [1.82, 2.24) is 14.5 Å². The van der Waals surface area contributed by atoms with Crippen LogP contribution < -0.4 is 5.56 Å². The first kappa shape index (κ1) is 25.3. The highest BCUT2D eigenvalue weighted by atomic mass is 19.1.